The van der Waals surface area contributed by atoms with Crippen LogP contribution in [0.1, 0.15) is 12.6 Å². The maximum Gasteiger partial charge on any atom is 0.269 e. The van der Waals surface area contributed by atoms with Crippen LogP contribution in [0.2, 0.25) is 0 Å². The van der Waals surface area contributed by atoms with Crippen molar-refractivity contribution < 1.29 is 9.72 Å². The summed E-state index contributed by atoms with van der Waals surface area (Å²) in [4.78, 5) is 32.9. The van der Waals surface area contributed by atoms with Gasteiger partial charge in [0.05, 0.1) is 11.5 Å². The Morgan fingerprint density at radius 3 is 2.67 bits per heavy atom. The standard InChI is InChI=1S/C16H17N5O3/c1-2-12-9-14(20-8-7-17-15(22)10-20)19-16(18-12)11-3-5-13(6-4-11)21(23)24/h3-6,9H,2,7-8,10H2,1H3,(H,17,22). The van der Waals surface area contributed by atoms with E-state index in [1.54, 1.807) is 12.1 Å². The lowest BCUT2D eigenvalue weighted by molar-refractivity contribution is -0.384. The van der Waals surface area contributed by atoms with Crippen molar-refractivity contribution in [2.75, 3.05) is 24.5 Å². The number of anilines is 1. The molecule has 0 unspecified atom stereocenters. The molecule has 2 aromatic rings. The molecule has 8 nitrogen and oxygen atoms in total. The molecule has 24 heavy (non-hydrogen) atoms. The van der Waals surface area contributed by atoms with Crippen LogP contribution < -0.4 is 10.2 Å². The van der Waals surface area contributed by atoms with Gasteiger partial charge in [-0.2, -0.15) is 0 Å². The summed E-state index contributed by atoms with van der Waals surface area (Å²) in [6.07, 6.45) is 0.732. The van der Waals surface area contributed by atoms with Gasteiger partial charge in [0.2, 0.25) is 5.91 Å². The second kappa shape index (κ2) is 6.61. The molecule has 1 saturated heterocycles. The first kappa shape index (κ1) is 15.9. The Bertz CT molecular complexity index is 776. The first-order valence-corrected chi connectivity index (χ1v) is 7.71. The van der Waals surface area contributed by atoms with Crippen molar-refractivity contribution >= 4 is 17.4 Å². The minimum absolute atomic E-state index is 0.0262. The average Bonchev–Trinajstić information content (AvgIpc) is 2.61. The van der Waals surface area contributed by atoms with Gasteiger partial charge < -0.3 is 10.2 Å². The first-order chi connectivity index (χ1) is 11.6. The maximum atomic E-state index is 11.6. The minimum Gasteiger partial charge on any atom is -0.353 e. The Morgan fingerprint density at radius 2 is 2.04 bits per heavy atom. The molecule has 0 bridgehead atoms. The van der Waals surface area contributed by atoms with Crippen molar-refractivity contribution in [3.05, 3.63) is 46.1 Å². The van der Waals surface area contributed by atoms with E-state index in [1.807, 2.05) is 17.9 Å². The van der Waals surface area contributed by atoms with E-state index in [1.165, 1.54) is 12.1 Å². The minimum atomic E-state index is -0.440. The third-order valence-electron chi connectivity index (χ3n) is 3.83. The van der Waals surface area contributed by atoms with Crippen LogP contribution in [0.4, 0.5) is 11.5 Å². The van der Waals surface area contributed by atoms with Crippen LogP contribution in [0.3, 0.4) is 0 Å². The summed E-state index contributed by atoms with van der Waals surface area (Å²) in [6.45, 7) is 3.53. The molecule has 8 heteroatoms. The smallest absolute Gasteiger partial charge is 0.269 e. The van der Waals surface area contributed by atoms with E-state index in [0.29, 0.717) is 30.3 Å². The molecule has 2 heterocycles. The number of piperazine rings is 1. The fourth-order valence-corrected chi connectivity index (χ4v) is 2.52. The number of nitro groups is 1. The number of aryl methyl sites for hydroxylation is 1. The molecule has 1 aliphatic rings. The van der Waals surface area contributed by atoms with Crippen LogP contribution in [-0.4, -0.2) is 40.4 Å². The van der Waals surface area contributed by atoms with Crippen LogP contribution in [-0.2, 0) is 11.2 Å². The fraction of sp³-hybridized carbons (Fsp3) is 0.312. The number of non-ortho nitro benzene ring substituents is 1. The lowest BCUT2D eigenvalue weighted by atomic mass is 10.2. The zero-order valence-electron chi connectivity index (χ0n) is 13.2. The Labute approximate surface area is 138 Å². The molecule has 1 amide bonds. The lowest BCUT2D eigenvalue weighted by Crippen LogP contribution is -2.48. The molecule has 0 saturated carbocycles. The van der Waals surface area contributed by atoms with Gasteiger partial charge in [0, 0.05) is 42.5 Å². The van der Waals surface area contributed by atoms with Gasteiger partial charge in [-0.05, 0) is 18.6 Å². The largest absolute Gasteiger partial charge is 0.353 e. The number of amides is 1. The van der Waals surface area contributed by atoms with Crippen LogP contribution in [0.15, 0.2) is 30.3 Å². The first-order valence-electron chi connectivity index (χ1n) is 7.71. The van der Waals surface area contributed by atoms with Gasteiger partial charge in [-0.1, -0.05) is 6.92 Å². The number of nitro benzene ring substituents is 1. The highest BCUT2D eigenvalue weighted by molar-refractivity contribution is 5.82. The molecular formula is C16H17N5O3. The Hall–Kier alpha value is -3.03. The quantitative estimate of drug-likeness (QED) is 0.675. The van der Waals surface area contributed by atoms with Gasteiger partial charge in [-0.15, -0.1) is 0 Å². The summed E-state index contributed by atoms with van der Waals surface area (Å²) < 4.78 is 0. The summed E-state index contributed by atoms with van der Waals surface area (Å²) in [5, 5.41) is 13.6. The maximum absolute atomic E-state index is 11.6. The molecule has 1 fully saturated rings. The van der Waals surface area contributed by atoms with Crippen LogP contribution in [0.25, 0.3) is 11.4 Å². The van der Waals surface area contributed by atoms with Gasteiger partial charge in [0.25, 0.3) is 5.69 Å². The molecule has 3 rings (SSSR count). The van der Waals surface area contributed by atoms with E-state index in [4.69, 9.17) is 0 Å². The van der Waals surface area contributed by atoms with E-state index >= 15 is 0 Å². The number of rotatable bonds is 4. The van der Waals surface area contributed by atoms with Crippen LogP contribution in [0.5, 0.6) is 0 Å². The normalized spacial score (nSPS) is 14.4. The van der Waals surface area contributed by atoms with Crippen molar-refractivity contribution in [2.24, 2.45) is 0 Å². The van der Waals surface area contributed by atoms with E-state index in [0.717, 1.165) is 12.1 Å². The van der Waals surface area contributed by atoms with Crippen molar-refractivity contribution in [3.8, 4) is 11.4 Å². The molecular weight excluding hydrogens is 310 g/mol. The van der Waals surface area contributed by atoms with Gasteiger partial charge in [-0.25, -0.2) is 9.97 Å². The Morgan fingerprint density at radius 1 is 1.29 bits per heavy atom. The zero-order valence-corrected chi connectivity index (χ0v) is 13.2. The Kier molecular flexibility index (Phi) is 4.37. The van der Waals surface area contributed by atoms with Gasteiger partial charge in [0.1, 0.15) is 5.82 Å². The topological polar surface area (TPSA) is 101 Å². The number of aromatic nitrogens is 2. The molecule has 1 aromatic carbocycles. The number of hydrogen-bond acceptors (Lipinski definition) is 6. The summed E-state index contributed by atoms with van der Waals surface area (Å²) in [5.74, 6) is 1.17. The molecule has 0 spiro atoms. The lowest BCUT2D eigenvalue weighted by Gasteiger charge is -2.28. The molecule has 124 valence electrons. The SMILES string of the molecule is CCc1cc(N2CCNC(=O)C2)nc(-c2ccc([N+](=O)[O-])cc2)n1. The monoisotopic (exact) mass is 327 g/mol. The van der Waals surface area contributed by atoms with Crippen LogP contribution in [0, 0.1) is 10.1 Å². The second-order valence-electron chi connectivity index (χ2n) is 5.47. The zero-order chi connectivity index (χ0) is 17.1. The molecule has 0 atom stereocenters. The number of carbonyl (C=O) groups excluding carboxylic acids is 1. The third-order valence-corrected chi connectivity index (χ3v) is 3.83. The summed E-state index contributed by atoms with van der Waals surface area (Å²) >= 11 is 0. The highest BCUT2D eigenvalue weighted by Gasteiger charge is 2.19. The van der Waals surface area contributed by atoms with Gasteiger partial charge in [0.15, 0.2) is 5.82 Å². The number of nitrogens with one attached hydrogen (secondary N) is 1. The van der Waals surface area contributed by atoms with E-state index in [9.17, 15) is 14.9 Å². The average molecular weight is 327 g/mol. The van der Waals surface area contributed by atoms with Gasteiger partial charge >= 0.3 is 0 Å². The number of benzene rings is 1. The number of hydrogen-bond donors (Lipinski definition) is 1. The summed E-state index contributed by atoms with van der Waals surface area (Å²) in [5.41, 5.74) is 1.59. The molecule has 1 aromatic heterocycles. The molecule has 0 aliphatic carbocycles. The fourth-order valence-electron chi connectivity index (χ4n) is 2.52. The summed E-state index contributed by atoms with van der Waals surface area (Å²) in [6, 6.07) is 8.03. The van der Waals surface area contributed by atoms with Crippen molar-refractivity contribution in [1.29, 1.82) is 0 Å². The third kappa shape index (κ3) is 3.32. The molecule has 1 N–H and O–H groups in total. The van der Waals surface area contributed by atoms with E-state index in [2.05, 4.69) is 15.3 Å². The van der Waals surface area contributed by atoms with Crippen molar-refractivity contribution in [2.45, 2.75) is 13.3 Å². The second-order valence-corrected chi connectivity index (χ2v) is 5.47. The molecule has 0 radical (unpaired) electrons. The van der Waals surface area contributed by atoms with Gasteiger partial charge in [-0.3, -0.25) is 14.9 Å². The summed E-state index contributed by atoms with van der Waals surface area (Å²) in [7, 11) is 0. The molecule has 1 aliphatic heterocycles. The van der Waals surface area contributed by atoms with E-state index in [-0.39, 0.29) is 18.1 Å². The Balaban J connectivity index is 1.96. The predicted molar refractivity (Wildman–Crippen MR) is 88.7 cm³/mol. The van der Waals surface area contributed by atoms with Crippen molar-refractivity contribution in [3.63, 3.8) is 0 Å². The van der Waals surface area contributed by atoms with Crippen LogP contribution >= 0.6 is 0 Å². The highest BCUT2D eigenvalue weighted by atomic mass is 16.6. The highest BCUT2D eigenvalue weighted by Crippen LogP contribution is 2.23. The number of nitrogens with zero attached hydrogens (tertiary/aromatic N) is 4. The predicted octanol–water partition coefficient (Wildman–Crippen LogP) is 1.55. The van der Waals surface area contributed by atoms with E-state index < -0.39 is 4.92 Å². The van der Waals surface area contributed by atoms with Crippen molar-refractivity contribution in [1.82, 2.24) is 15.3 Å². The number of carbonyl (C=O) groups is 1.